The number of nitrogens with zero attached hydrogens (tertiary/aromatic N) is 5. The van der Waals surface area contributed by atoms with Crippen molar-refractivity contribution < 1.29 is 136 Å². The molecule has 796 valence electrons. The summed E-state index contributed by atoms with van der Waals surface area (Å²) in [5, 5.41) is 79.0. The average Bonchev–Trinajstić information content (AvgIpc) is 1.71. The first kappa shape index (κ1) is 122. The SMILES string of the molecule is CC(=O)SC[C@@H](C)C(=O)N1CCC[C@H]1C(=O)N[C@@H](Cc1ccc(O)cc1)C(=O)O.CC(=O)SC[C@@H](C)C(=O)N1CCC[C@H]1C(=O)N[C@@H](Cc1ccccc1)C(=O)O.CCC(=O)SC[C@@H](C)C(=O)N1CCC[C@H]1C(=O)N[C@@H](Cc1ccc(O)cc1)C(=O)O.CCC(=O)SC[C@@H](C)C(=O)N1CCC[C@H]1C(=O)N[C@@H](Cc1ccccc1)C(=O)O.COc1ccc(C[C@H](NC(=O)[C@@H]2CCCN2C(=O)[C@H](C)CSC(C)=O)C(=O)O)cc1. The molecule has 5 fully saturated rings. The molecular formula is C103H136N10O28S5. The number of amides is 10. The van der Waals surface area contributed by atoms with Crippen molar-refractivity contribution in [1.82, 2.24) is 51.1 Å². The van der Waals surface area contributed by atoms with E-state index in [1.807, 2.05) is 60.7 Å². The molecule has 5 aromatic rings. The number of benzene rings is 5. The molecule has 0 spiro atoms. The van der Waals surface area contributed by atoms with Gasteiger partial charge in [0, 0.05) is 157 Å². The summed E-state index contributed by atoms with van der Waals surface area (Å²) < 4.78 is 5.09. The molecule has 38 nitrogen and oxygen atoms in total. The second-order valence-corrected chi connectivity index (χ2v) is 41.8. The van der Waals surface area contributed by atoms with E-state index in [0.717, 1.165) is 75.5 Å². The first-order chi connectivity index (χ1) is 69.2. The third kappa shape index (κ3) is 40.8. The molecule has 10 amide bonds. The summed E-state index contributed by atoms with van der Waals surface area (Å²) in [5.74, 6) is -8.38. The monoisotopic (exact) mass is 2120 g/mol. The van der Waals surface area contributed by atoms with Crippen molar-refractivity contribution >= 4 is 173 Å². The summed E-state index contributed by atoms with van der Waals surface area (Å²) in [4.78, 5) is 250. The van der Waals surface area contributed by atoms with Crippen molar-refractivity contribution in [2.75, 3.05) is 68.6 Å². The fourth-order valence-electron chi connectivity index (χ4n) is 16.4. The minimum absolute atomic E-state index is 0.0175. The van der Waals surface area contributed by atoms with Gasteiger partial charge in [-0.2, -0.15) is 0 Å². The highest BCUT2D eigenvalue weighted by atomic mass is 32.2. The van der Waals surface area contributed by atoms with E-state index in [2.05, 4.69) is 26.6 Å². The smallest absolute Gasteiger partial charge is 0.326 e. The standard InChI is InChI=1S/2C21H28N2O6S.C21H28N2O5S.C20H26N2O6S.C20H26N2O5S/c1-13(12-30-14(2)24)20(26)23-10-4-5-18(23)19(25)22-17(21(27)28)11-15-6-8-16(29-3)9-7-15;1-3-18(25)30-12-13(2)20(27)23-10-4-5-17(23)19(26)22-16(21(28)29)11-14-6-8-15(24)9-7-14;1-3-18(24)29-13-14(2)20(26)23-11-7-10-17(23)19(25)22-16(21(27)28)12-15-8-5-4-6-9-15;1-12(11-29-13(2)23)19(26)22-9-3-4-17(22)18(25)21-16(20(27)28)10-14-5-7-15(24)8-6-14;1-13(12-28-14(2)23)19(25)22-10-6-9-17(22)18(24)21-16(20(26)27)11-15-7-4-3-5-8-15/h6-9,13,17-18H,4-5,10-12H2,1-3H3,(H,22,25)(H,27,28);6-9,13,16-17,24H,3-5,10-12H2,1-2H3,(H,22,26)(H,28,29);4-6,8-9,14,16-17H,3,7,10-13H2,1-2H3,(H,22,25)(H,27,28);5-8,12,16-17,24H,3-4,9-11H2,1-2H3,(H,21,25)(H,27,28);3-5,7-8,13,16-17H,6,9-12H2,1-2H3,(H,21,24)(H,26,27)/t13-,17+,18+;13-,16+,17+;14-,16+,17+;12-,16+,17+;13-,16+,17+/m11111/s1. The first-order valence-electron chi connectivity index (χ1n) is 48.4. The number of carbonyl (C=O) groups excluding carboxylic acids is 15. The molecule has 0 unspecified atom stereocenters. The lowest BCUT2D eigenvalue weighted by atomic mass is 10.0. The minimum Gasteiger partial charge on any atom is -0.508 e. The summed E-state index contributed by atoms with van der Waals surface area (Å²) in [6, 6.07) is 28.4. The van der Waals surface area contributed by atoms with Crippen LogP contribution in [0.15, 0.2) is 133 Å². The van der Waals surface area contributed by atoms with Crippen molar-refractivity contribution in [1.29, 1.82) is 0 Å². The molecule has 0 bridgehead atoms. The Balaban J connectivity index is 0.000000279. The van der Waals surface area contributed by atoms with E-state index >= 15 is 0 Å². The molecule has 15 atom stereocenters. The van der Waals surface area contributed by atoms with Gasteiger partial charge in [0.2, 0.25) is 59.1 Å². The highest BCUT2D eigenvalue weighted by molar-refractivity contribution is 8.14. The maximum Gasteiger partial charge on any atom is 0.326 e. The lowest BCUT2D eigenvalue weighted by Crippen LogP contribution is -2.52. The number of aromatic hydroxyl groups is 2. The molecule has 43 heteroatoms. The Morgan fingerprint density at radius 3 is 0.678 bits per heavy atom. The second-order valence-electron chi connectivity index (χ2n) is 36.1. The number of methoxy groups -OCH3 is 1. The van der Waals surface area contributed by atoms with Gasteiger partial charge < -0.3 is 91.6 Å². The third-order valence-corrected chi connectivity index (χ3v) is 30.2. The molecule has 10 rings (SSSR count). The zero-order valence-electron chi connectivity index (χ0n) is 83.9. The number of carbonyl (C=O) groups is 20. The number of phenols is 2. The van der Waals surface area contributed by atoms with E-state index in [4.69, 9.17) is 4.74 Å². The van der Waals surface area contributed by atoms with Gasteiger partial charge in [0.25, 0.3) is 0 Å². The highest BCUT2D eigenvalue weighted by Crippen LogP contribution is 2.30. The van der Waals surface area contributed by atoms with Crippen LogP contribution in [0.1, 0.15) is 174 Å². The number of carboxylic acids is 5. The van der Waals surface area contributed by atoms with Crippen molar-refractivity contribution in [3.05, 3.63) is 161 Å². The Morgan fingerprint density at radius 2 is 0.493 bits per heavy atom. The number of thioether (sulfide) groups is 5. The van der Waals surface area contributed by atoms with Crippen LogP contribution in [0.5, 0.6) is 17.2 Å². The second kappa shape index (κ2) is 62.6. The van der Waals surface area contributed by atoms with Crippen LogP contribution in [0.4, 0.5) is 0 Å². The minimum atomic E-state index is -1.17. The van der Waals surface area contributed by atoms with Gasteiger partial charge in [0.15, 0.2) is 25.6 Å². The maximum absolute atomic E-state index is 12.8. The van der Waals surface area contributed by atoms with Crippen LogP contribution < -0.4 is 31.3 Å². The number of hydrogen-bond acceptors (Lipinski definition) is 28. The van der Waals surface area contributed by atoms with E-state index in [0.29, 0.717) is 155 Å². The Morgan fingerprint density at radius 1 is 0.301 bits per heavy atom. The number of hydrogen-bond donors (Lipinski definition) is 12. The lowest BCUT2D eigenvalue weighted by molar-refractivity contribution is -0.145. The molecule has 5 saturated heterocycles. The fourth-order valence-corrected chi connectivity index (χ4v) is 19.9. The number of aliphatic carboxylic acids is 5. The molecular weight excluding hydrogens is 1990 g/mol. The molecule has 0 aromatic heterocycles. The quantitative estimate of drug-likeness (QED) is 0.0173. The predicted molar refractivity (Wildman–Crippen MR) is 553 cm³/mol. The van der Waals surface area contributed by atoms with Gasteiger partial charge in [0.05, 0.1) is 7.11 Å². The number of ether oxygens (including phenoxy) is 1. The van der Waals surface area contributed by atoms with Crippen LogP contribution in [0.2, 0.25) is 0 Å². The zero-order chi connectivity index (χ0) is 108. The third-order valence-electron chi connectivity index (χ3n) is 24.5. The normalized spacial score (nSPS) is 18.1. The number of rotatable bonds is 43. The first-order valence-corrected chi connectivity index (χ1v) is 53.4. The van der Waals surface area contributed by atoms with Gasteiger partial charge in [-0.3, -0.25) is 71.9 Å². The summed E-state index contributed by atoms with van der Waals surface area (Å²) in [6.07, 6.45) is 7.21. The fraction of sp³-hybridized carbons (Fsp3) is 0.515. The van der Waals surface area contributed by atoms with Gasteiger partial charge in [-0.15, -0.1) is 0 Å². The van der Waals surface area contributed by atoms with E-state index < -0.39 is 138 Å². The Bertz CT molecular complexity index is 5280. The van der Waals surface area contributed by atoms with E-state index in [-0.39, 0.29) is 111 Å². The van der Waals surface area contributed by atoms with Crippen molar-refractivity contribution in [3.63, 3.8) is 0 Å². The van der Waals surface area contributed by atoms with Crippen molar-refractivity contribution in [3.8, 4) is 17.2 Å². The van der Waals surface area contributed by atoms with E-state index in [9.17, 15) is 132 Å². The Hall–Kier alpha value is -12.4. The van der Waals surface area contributed by atoms with Crippen LogP contribution in [-0.2, 0) is 128 Å². The van der Waals surface area contributed by atoms with E-state index in [1.54, 1.807) is 104 Å². The topological polar surface area (TPSA) is 569 Å². The molecule has 12 N–H and O–H groups in total. The van der Waals surface area contributed by atoms with Crippen molar-refractivity contribution in [2.24, 2.45) is 29.6 Å². The van der Waals surface area contributed by atoms with Gasteiger partial charge in [-0.25, -0.2) is 24.0 Å². The van der Waals surface area contributed by atoms with Crippen LogP contribution in [-0.4, -0.2) is 304 Å². The molecule has 5 aliphatic heterocycles. The maximum atomic E-state index is 12.8. The van der Waals surface area contributed by atoms with Crippen LogP contribution in [0.25, 0.3) is 0 Å². The molecule has 0 radical (unpaired) electrons. The Labute approximate surface area is 870 Å². The van der Waals surface area contributed by atoms with Gasteiger partial charge >= 0.3 is 29.8 Å². The molecule has 0 saturated carbocycles. The molecule has 5 aromatic carbocycles. The summed E-state index contributed by atoms with van der Waals surface area (Å²) in [7, 11) is 1.55. The van der Waals surface area contributed by atoms with Gasteiger partial charge in [-0.05, 0) is 128 Å². The zero-order valence-corrected chi connectivity index (χ0v) is 88.0. The molecule has 5 heterocycles. The van der Waals surface area contributed by atoms with Crippen molar-refractivity contribution in [2.45, 2.75) is 239 Å². The number of phenolic OH excluding ortho intramolecular Hbond substituents is 2. The predicted octanol–water partition coefficient (Wildman–Crippen LogP) is 8.73. The number of nitrogens with one attached hydrogen (secondary N) is 5. The Kier molecular flexibility index (Phi) is 52.4. The lowest BCUT2D eigenvalue weighted by Gasteiger charge is -2.27. The molecule has 0 aliphatic carbocycles. The number of likely N-dealkylation sites (tertiary alicyclic amines) is 5. The molecule has 146 heavy (non-hydrogen) atoms. The highest BCUT2D eigenvalue weighted by Gasteiger charge is 2.44. The van der Waals surface area contributed by atoms with Crippen LogP contribution >= 0.6 is 58.8 Å². The summed E-state index contributed by atoms with van der Waals surface area (Å²) in [6.45, 7) is 18.8. The van der Waals surface area contributed by atoms with Gasteiger partial charge in [-0.1, -0.05) is 204 Å². The summed E-state index contributed by atoms with van der Waals surface area (Å²) >= 11 is 5.49. The van der Waals surface area contributed by atoms with E-state index in [1.165, 1.54) is 69.5 Å². The molecule has 5 aliphatic rings. The van der Waals surface area contributed by atoms with Crippen LogP contribution in [0.3, 0.4) is 0 Å². The van der Waals surface area contributed by atoms with Crippen LogP contribution in [0, 0.1) is 29.6 Å². The average molecular weight is 2120 g/mol. The van der Waals surface area contributed by atoms with Gasteiger partial charge in [0.1, 0.15) is 77.7 Å². The number of carboxylic acid groups (broad SMARTS) is 5. The summed E-state index contributed by atoms with van der Waals surface area (Å²) in [5.41, 5.74) is 3.68. The largest absolute Gasteiger partial charge is 0.508 e.